The Balaban J connectivity index is 2.40. The van der Waals surface area contributed by atoms with Crippen LogP contribution in [0.25, 0.3) is 11.3 Å². The number of hydrogen-bond acceptors (Lipinski definition) is 1. The smallest absolute Gasteiger partial charge is 0.256 e. The van der Waals surface area contributed by atoms with Crippen LogP contribution in [0.1, 0.15) is 17.6 Å². The minimum absolute atomic E-state index is 0.00516. The van der Waals surface area contributed by atoms with Crippen LogP contribution in [0.4, 0.5) is 8.78 Å². The van der Waals surface area contributed by atoms with Gasteiger partial charge in [0.1, 0.15) is 0 Å². The predicted molar refractivity (Wildman–Crippen MR) is 59.4 cm³/mol. The van der Waals surface area contributed by atoms with E-state index in [1.54, 1.807) is 0 Å². The third kappa shape index (κ3) is 2.24. The van der Waals surface area contributed by atoms with E-state index in [-0.39, 0.29) is 5.56 Å². The molecule has 0 saturated heterocycles. The summed E-state index contributed by atoms with van der Waals surface area (Å²) < 4.78 is 25.0. The number of rotatable bonds is 2. The third-order valence-corrected chi connectivity index (χ3v) is 2.38. The van der Waals surface area contributed by atoms with Crippen LogP contribution < -0.4 is 0 Å². The van der Waals surface area contributed by atoms with Crippen molar-refractivity contribution in [1.29, 1.82) is 0 Å². The molecule has 3 heteroatoms. The van der Waals surface area contributed by atoms with Gasteiger partial charge in [0.2, 0.25) is 0 Å². The number of pyridine rings is 1. The van der Waals surface area contributed by atoms with Crippen molar-refractivity contribution >= 4 is 0 Å². The van der Waals surface area contributed by atoms with Crippen LogP contribution in [-0.4, -0.2) is 4.98 Å². The Labute approximate surface area is 92.8 Å². The fourth-order valence-corrected chi connectivity index (χ4v) is 1.46. The zero-order valence-corrected chi connectivity index (χ0v) is 8.82. The standard InChI is InChI=1S/C13H11F2N/c1-9-2-4-10(5-3-9)12-8-11(13(14)15)6-7-16-12/h2-8,13H,1H3. The maximum absolute atomic E-state index is 12.5. The lowest BCUT2D eigenvalue weighted by atomic mass is 10.1. The van der Waals surface area contributed by atoms with Crippen LogP contribution >= 0.6 is 0 Å². The molecule has 0 amide bonds. The van der Waals surface area contributed by atoms with Gasteiger partial charge in [0.15, 0.2) is 0 Å². The predicted octanol–water partition coefficient (Wildman–Crippen LogP) is 3.99. The summed E-state index contributed by atoms with van der Waals surface area (Å²) >= 11 is 0. The van der Waals surface area contributed by atoms with Crippen molar-refractivity contribution in [2.45, 2.75) is 13.3 Å². The first-order chi connectivity index (χ1) is 7.66. The molecular weight excluding hydrogens is 208 g/mol. The maximum atomic E-state index is 12.5. The van der Waals surface area contributed by atoms with Gasteiger partial charge in [-0.3, -0.25) is 4.98 Å². The molecule has 0 fully saturated rings. The molecule has 0 bridgehead atoms. The highest BCUT2D eigenvalue weighted by Crippen LogP contribution is 2.23. The van der Waals surface area contributed by atoms with Gasteiger partial charge in [0.25, 0.3) is 6.43 Å². The van der Waals surface area contributed by atoms with Crippen LogP contribution in [-0.2, 0) is 0 Å². The van der Waals surface area contributed by atoms with Gasteiger partial charge in [-0.2, -0.15) is 0 Å². The van der Waals surface area contributed by atoms with Gasteiger partial charge in [-0.15, -0.1) is 0 Å². The Bertz CT molecular complexity index is 478. The fraction of sp³-hybridized carbons (Fsp3) is 0.154. The minimum atomic E-state index is -2.45. The molecule has 1 aromatic carbocycles. The Morgan fingerprint density at radius 3 is 2.38 bits per heavy atom. The first kappa shape index (κ1) is 10.7. The Morgan fingerprint density at radius 2 is 1.75 bits per heavy atom. The second kappa shape index (κ2) is 4.39. The lowest BCUT2D eigenvalue weighted by Crippen LogP contribution is -1.88. The summed E-state index contributed by atoms with van der Waals surface area (Å²) in [4.78, 5) is 4.09. The first-order valence-corrected chi connectivity index (χ1v) is 4.98. The Hall–Kier alpha value is -1.77. The van der Waals surface area contributed by atoms with Gasteiger partial charge in [0, 0.05) is 17.3 Å². The minimum Gasteiger partial charge on any atom is -0.256 e. The SMILES string of the molecule is Cc1ccc(-c2cc(C(F)F)ccn2)cc1. The van der Waals surface area contributed by atoms with Crippen molar-refractivity contribution in [3.05, 3.63) is 53.7 Å². The molecule has 0 unspecified atom stereocenters. The van der Waals surface area contributed by atoms with Gasteiger partial charge >= 0.3 is 0 Å². The molecule has 0 aliphatic heterocycles. The molecule has 0 spiro atoms. The van der Waals surface area contributed by atoms with Gasteiger partial charge in [0.05, 0.1) is 5.69 Å². The zero-order valence-electron chi connectivity index (χ0n) is 8.82. The summed E-state index contributed by atoms with van der Waals surface area (Å²) in [6.07, 6.45) is -1.04. The average Bonchev–Trinajstić information content (AvgIpc) is 2.30. The van der Waals surface area contributed by atoms with E-state index in [1.165, 1.54) is 18.3 Å². The van der Waals surface area contributed by atoms with Crippen LogP contribution in [0, 0.1) is 6.92 Å². The summed E-state index contributed by atoms with van der Waals surface area (Å²) in [5.74, 6) is 0. The molecule has 2 rings (SSSR count). The highest BCUT2D eigenvalue weighted by Gasteiger charge is 2.08. The Kier molecular flexibility index (Phi) is 2.95. The zero-order chi connectivity index (χ0) is 11.5. The van der Waals surface area contributed by atoms with E-state index in [2.05, 4.69) is 4.98 Å². The van der Waals surface area contributed by atoms with Crippen molar-refractivity contribution in [3.63, 3.8) is 0 Å². The molecule has 0 atom stereocenters. The lowest BCUT2D eigenvalue weighted by Gasteiger charge is -2.04. The molecule has 0 N–H and O–H groups in total. The number of hydrogen-bond donors (Lipinski definition) is 0. The number of benzene rings is 1. The van der Waals surface area contributed by atoms with E-state index in [1.807, 2.05) is 31.2 Å². The topological polar surface area (TPSA) is 12.9 Å². The summed E-state index contributed by atoms with van der Waals surface area (Å²) in [5, 5.41) is 0. The van der Waals surface area contributed by atoms with E-state index in [0.717, 1.165) is 11.1 Å². The molecule has 0 saturated carbocycles. The first-order valence-electron chi connectivity index (χ1n) is 4.98. The summed E-state index contributed by atoms with van der Waals surface area (Å²) in [6, 6.07) is 10.4. The number of aromatic nitrogens is 1. The van der Waals surface area contributed by atoms with Crippen molar-refractivity contribution < 1.29 is 8.78 Å². The summed E-state index contributed by atoms with van der Waals surface area (Å²) in [5.41, 5.74) is 2.57. The van der Waals surface area contributed by atoms with Crippen LogP contribution in [0.3, 0.4) is 0 Å². The fourth-order valence-electron chi connectivity index (χ4n) is 1.46. The molecule has 0 radical (unpaired) electrons. The quantitative estimate of drug-likeness (QED) is 0.744. The van der Waals surface area contributed by atoms with Crippen molar-refractivity contribution in [3.8, 4) is 11.3 Å². The largest absolute Gasteiger partial charge is 0.263 e. The van der Waals surface area contributed by atoms with Gasteiger partial charge in [-0.25, -0.2) is 8.78 Å². The molecular formula is C13H11F2N. The second-order valence-electron chi connectivity index (χ2n) is 3.64. The average molecular weight is 219 g/mol. The number of nitrogens with zero attached hydrogens (tertiary/aromatic N) is 1. The summed E-state index contributed by atoms with van der Waals surface area (Å²) in [7, 11) is 0. The normalized spacial score (nSPS) is 10.8. The van der Waals surface area contributed by atoms with Crippen molar-refractivity contribution in [2.75, 3.05) is 0 Å². The maximum Gasteiger partial charge on any atom is 0.263 e. The Morgan fingerprint density at radius 1 is 1.06 bits per heavy atom. The van der Waals surface area contributed by atoms with E-state index < -0.39 is 6.43 Å². The van der Waals surface area contributed by atoms with E-state index in [4.69, 9.17) is 0 Å². The molecule has 2 aromatic rings. The second-order valence-corrected chi connectivity index (χ2v) is 3.64. The highest BCUT2D eigenvalue weighted by molar-refractivity contribution is 5.60. The van der Waals surface area contributed by atoms with Gasteiger partial charge in [-0.1, -0.05) is 29.8 Å². The number of aryl methyl sites for hydroxylation is 1. The number of alkyl halides is 2. The molecule has 1 nitrogen and oxygen atoms in total. The molecule has 82 valence electrons. The molecule has 1 aromatic heterocycles. The van der Waals surface area contributed by atoms with E-state index >= 15 is 0 Å². The van der Waals surface area contributed by atoms with Gasteiger partial charge in [-0.05, 0) is 19.1 Å². The molecule has 0 aliphatic carbocycles. The van der Waals surface area contributed by atoms with Crippen molar-refractivity contribution in [2.24, 2.45) is 0 Å². The van der Waals surface area contributed by atoms with E-state index in [9.17, 15) is 8.78 Å². The summed E-state index contributed by atoms with van der Waals surface area (Å²) in [6.45, 7) is 1.98. The monoisotopic (exact) mass is 219 g/mol. The number of halogens is 2. The molecule has 0 aliphatic rings. The van der Waals surface area contributed by atoms with Crippen LogP contribution in [0.2, 0.25) is 0 Å². The van der Waals surface area contributed by atoms with Crippen molar-refractivity contribution in [1.82, 2.24) is 4.98 Å². The van der Waals surface area contributed by atoms with Gasteiger partial charge < -0.3 is 0 Å². The third-order valence-electron chi connectivity index (χ3n) is 2.38. The van der Waals surface area contributed by atoms with Crippen LogP contribution in [0.15, 0.2) is 42.6 Å². The lowest BCUT2D eigenvalue weighted by molar-refractivity contribution is 0.151. The van der Waals surface area contributed by atoms with Crippen LogP contribution in [0.5, 0.6) is 0 Å². The van der Waals surface area contributed by atoms with E-state index in [0.29, 0.717) is 5.69 Å². The highest BCUT2D eigenvalue weighted by atomic mass is 19.3. The molecule has 1 heterocycles. The molecule has 16 heavy (non-hydrogen) atoms.